The number of benzene rings is 1. The lowest BCUT2D eigenvalue weighted by atomic mass is 10.1. The van der Waals surface area contributed by atoms with Gasteiger partial charge < -0.3 is 10.3 Å². The van der Waals surface area contributed by atoms with Gasteiger partial charge in [0.25, 0.3) is 10.0 Å². The van der Waals surface area contributed by atoms with Gasteiger partial charge in [-0.2, -0.15) is 0 Å². The molecule has 96 valence electrons. The highest BCUT2D eigenvalue weighted by Gasteiger charge is 2.16. The maximum atomic E-state index is 12.0. The van der Waals surface area contributed by atoms with E-state index < -0.39 is 10.0 Å². The van der Waals surface area contributed by atoms with Crippen LogP contribution in [0.5, 0.6) is 0 Å². The summed E-state index contributed by atoms with van der Waals surface area (Å²) in [7, 11) is -3.66. The van der Waals surface area contributed by atoms with Crippen LogP contribution in [0.25, 0.3) is 0 Å². The third-order valence-corrected chi connectivity index (χ3v) is 3.87. The summed E-state index contributed by atoms with van der Waals surface area (Å²) in [5.74, 6) is 0. The van der Waals surface area contributed by atoms with E-state index in [0.717, 1.165) is 12.0 Å². The summed E-state index contributed by atoms with van der Waals surface area (Å²) in [5, 5.41) is 3.42. The summed E-state index contributed by atoms with van der Waals surface area (Å²) < 4.78 is 30.9. The third-order valence-electron chi connectivity index (χ3n) is 2.49. The molecule has 1 aromatic heterocycles. The predicted octanol–water partition coefficient (Wildman–Crippen LogP) is 1.62. The molecule has 0 bridgehead atoms. The molecular weight excluding hydrogens is 254 g/mol. The summed E-state index contributed by atoms with van der Waals surface area (Å²) in [6, 6.07) is 4.66. The van der Waals surface area contributed by atoms with E-state index in [9.17, 15) is 8.42 Å². The molecule has 0 amide bonds. The number of rotatable bonds is 4. The Bertz CT molecular complexity index is 636. The number of nitrogens with zero attached hydrogens (tertiary/aromatic N) is 1. The summed E-state index contributed by atoms with van der Waals surface area (Å²) in [6.07, 6.45) is 3.24. The van der Waals surface area contributed by atoms with Crippen LogP contribution in [0.4, 0.5) is 11.4 Å². The number of nitrogen functional groups attached to an aromatic ring is 1. The number of nitrogens with one attached hydrogen (secondary N) is 1. The number of aryl methyl sites for hydroxylation is 1. The number of hydrogen-bond acceptors (Lipinski definition) is 5. The van der Waals surface area contributed by atoms with Gasteiger partial charge in [0.1, 0.15) is 12.0 Å². The van der Waals surface area contributed by atoms with Crippen molar-refractivity contribution >= 4 is 21.4 Å². The molecule has 2 rings (SSSR count). The molecule has 0 saturated carbocycles. The number of sulfonamides is 1. The second-order valence-electron chi connectivity index (χ2n) is 3.73. The van der Waals surface area contributed by atoms with Gasteiger partial charge >= 0.3 is 0 Å². The van der Waals surface area contributed by atoms with Gasteiger partial charge in [0.2, 0.25) is 0 Å². The van der Waals surface area contributed by atoms with E-state index in [1.165, 1.54) is 24.6 Å². The van der Waals surface area contributed by atoms with Crippen molar-refractivity contribution < 1.29 is 12.9 Å². The topological polar surface area (TPSA) is 98.2 Å². The molecule has 0 aliphatic rings. The van der Waals surface area contributed by atoms with Crippen LogP contribution in [0.1, 0.15) is 12.5 Å². The first-order valence-electron chi connectivity index (χ1n) is 5.33. The maximum Gasteiger partial charge on any atom is 0.262 e. The van der Waals surface area contributed by atoms with Gasteiger partial charge in [-0.1, -0.05) is 18.1 Å². The number of nitrogens with two attached hydrogens (primary N) is 1. The normalized spacial score (nSPS) is 11.4. The highest BCUT2D eigenvalue weighted by molar-refractivity contribution is 7.92. The molecule has 18 heavy (non-hydrogen) atoms. The Morgan fingerprint density at radius 1 is 1.44 bits per heavy atom. The lowest BCUT2D eigenvalue weighted by Crippen LogP contribution is -2.13. The first-order valence-corrected chi connectivity index (χ1v) is 6.82. The third kappa shape index (κ3) is 2.45. The van der Waals surface area contributed by atoms with Crippen molar-refractivity contribution in [3.05, 3.63) is 36.2 Å². The quantitative estimate of drug-likeness (QED) is 0.820. The fraction of sp³-hybridized carbons (Fsp3) is 0.182. The van der Waals surface area contributed by atoms with Crippen LogP contribution < -0.4 is 10.5 Å². The maximum absolute atomic E-state index is 12.0. The summed E-state index contributed by atoms with van der Waals surface area (Å²) in [5.41, 5.74) is 7.43. The summed E-state index contributed by atoms with van der Waals surface area (Å²) in [6.45, 7) is 1.95. The van der Waals surface area contributed by atoms with Crippen molar-refractivity contribution in [2.45, 2.75) is 18.2 Å². The lowest BCUT2D eigenvalue weighted by Gasteiger charge is -2.08. The van der Waals surface area contributed by atoms with Gasteiger partial charge in [-0.15, -0.1) is 0 Å². The molecule has 0 unspecified atom stereocenters. The smallest absolute Gasteiger partial charge is 0.262 e. The molecule has 0 radical (unpaired) electrons. The minimum atomic E-state index is -3.66. The van der Waals surface area contributed by atoms with Crippen LogP contribution >= 0.6 is 0 Å². The molecule has 0 saturated heterocycles. The van der Waals surface area contributed by atoms with E-state index in [1.54, 1.807) is 6.07 Å². The van der Waals surface area contributed by atoms with Crippen molar-refractivity contribution in [2.24, 2.45) is 0 Å². The molecule has 0 aliphatic heterocycles. The summed E-state index contributed by atoms with van der Waals surface area (Å²) >= 11 is 0. The number of hydrogen-bond donors (Lipinski definition) is 2. The molecule has 0 fully saturated rings. The van der Waals surface area contributed by atoms with Crippen LogP contribution in [-0.2, 0) is 16.4 Å². The molecule has 0 aliphatic carbocycles. The van der Waals surface area contributed by atoms with Crippen LogP contribution in [0.15, 0.2) is 40.1 Å². The SMILES string of the molecule is CCc1ccc(S(=O)(=O)Nc2cnoc2)cc1N. The predicted molar refractivity (Wildman–Crippen MR) is 67.5 cm³/mol. The minimum absolute atomic E-state index is 0.110. The molecule has 1 heterocycles. The van der Waals surface area contributed by atoms with Gasteiger partial charge in [-0.3, -0.25) is 4.72 Å². The first-order chi connectivity index (χ1) is 8.53. The first kappa shape index (κ1) is 12.4. The molecule has 3 N–H and O–H groups in total. The molecule has 2 aromatic rings. The zero-order valence-corrected chi connectivity index (χ0v) is 10.6. The van der Waals surface area contributed by atoms with E-state index >= 15 is 0 Å². The Labute approximate surface area is 105 Å². The van der Waals surface area contributed by atoms with Crippen molar-refractivity contribution in [1.82, 2.24) is 5.16 Å². The van der Waals surface area contributed by atoms with E-state index in [4.69, 9.17) is 5.73 Å². The Balaban J connectivity index is 2.33. The standard InChI is InChI=1S/C11H13N3O3S/c1-2-8-3-4-10(5-11(8)12)18(15,16)14-9-6-13-17-7-9/h3-7,14H,2,12H2,1H3. The lowest BCUT2D eigenvalue weighted by molar-refractivity contribution is 0.420. The second kappa shape index (κ2) is 4.69. The van der Waals surface area contributed by atoms with Gasteiger partial charge in [-0.25, -0.2) is 8.42 Å². The zero-order valence-electron chi connectivity index (χ0n) is 9.75. The Morgan fingerprint density at radius 2 is 2.22 bits per heavy atom. The fourth-order valence-electron chi connectivity index (χ4n) is 1.53. The van der Waals surface area contributed by atoms with Crippen LogP contribution in [0.2, 0.25) is 0 Å². The molecule has 6 nitrogen and oxygen atoms in total. The van der Waals surface area contributed by atoms with Crippen LogP contribution in [0.3, 0.4) is 0 Å². The van der Waals surface area contributed by atoms with Gasteiger partial charge in [0.15, 0.2) is 0 Å². The minimum Gasteiger partial charge on any atom is -0.398 e. The Kier molecular flexibility index (Phi) is 3.24. The van der Waals surface area contributed by atoms with E-state index in [0.29, 0.717) is 5.69 Å². The monoisotopic (exact) mass is 267 g/mol. The van der Waals surface area contributed by atoms with Gasteiger partial charge in [0, 0.05) is 5.69 Å². The van der Waals surface area contributed by atoms with Crippen molar-refractivity contribution in [2.75, 3.05) is 10.5 Å². The van der Waals surface area contributed by atoms with Crippen LogP contribution in [0, 0.1) is 0 Å². The molecule has 7 heteroatoms. The highest BCUT2D eigenvalue weighted by atomic mass is 32.2. The molecule has 0 spiro atoms. The zero-order chi connectivity index (χ0) is 13.2. The molecule has 0 atom stereocenters. The largest absolute Gasteiger partial charge is 0.398 e. The second-order valence-corrected chi connectivity index (χ2v) is 5.42. The van der Waals surface area contributed by atoms with Crippen molar-refractivity contribution in [3.8, 4) is 0 Å². The molecular formula is C11H13N3O3S. The van der Waals surface area contributed by atoms with E-state index in [2.05, 4.69) is 14.4 Å². The van der Waals surface area contributed by atoms with E-state index in [1.807, 2.05) is 6.92 Å². The van der Waals surface area contributed by atoms with Gasteiger partial charge in [-0.05, 0) is 24.1 Å². The average molecular weight is 267 g/mol. The number of anilines is 2. The Hall–Kier alpha value is -2.02. The van der Waals surface area contributed by atoms with Gasteiger partial charge in [0.05, 0.1) is 11.1 Å². The van der Waals surface area contributed by atoms with Crippen molar-refractivity contribution in [1.29, 1.82) is 0 Å². The Morgan fingerprint density at radius 3 is 2.78 bits per heavy atom. The van der Waals surface area contributed by atoms with Crippen molar-refractivity contribution in [3.63, 3.8) is 0 Å². The average Bonchev–Trinajstić information content (AvgIpc) is 2.81. The molecule has 1 aromatic carbocycles. The number of aromatic nitrogens is 1. The van der Waals surface area contributed by atoms with E-state index in [-0.39, 0.29) is 10.6 Å². The highest BCUT2D eigenvalue weighted by Crippen LogP contribution is 2.20. The van der Waals surface area contributed by atoms with Crippen LogP contribution in [-0.4, -0.2) is 13.6 Å². The fourth-order valence-corrected chi connectivity index (χ4v) is 2.59. The summed E-state index contributed by atoms with van der Waals surface area (Å²) in [4.78, 5) is 0.110.